The third-order valence-corrected chi connectivity index (χ3v) is 7.32. The Labute approximate surface area is 247 Å². The van der Waals surface area contributed by atoms with Gasteiger partial charge in [0.1, 0.15) is 29.5 Å². The van der Waals surface area contributed by atoms with E-state index in [9.17, 15) is 9.70 Å². The van der Waals surface area contributed by atoms with Crippen LogP contribution in [0.15, 0.2) is 46.2 Å². The van der Waals surface area contributed by atoms with Crippen molar-refractivity contribution >= 4 is 50.2 Å². The highest BCUT2D eigenvalue weighted by Gasteiger charge is 2.28. The van der Waals surface area contributed by atoms with Crippen molar-refractivity contribution in [3.05, 3.63) is 51.5 Å². The molecule has 0 aliphatic carbocycles. The number of nitroso groups, excluding NO2 is 1. The zero-order valence-corrected chi connectivity index (χ0v) is 25.1. The summed E-state index contributed by atoms with van der Waals surface area (Å²) < 4.78 is 18.3. The van der Waals surface area contributed by atoms with Gasteiger partial charge in [0.25, 0.3) is 0 Å². The number of likely N-dealkylation sites (tertiary alicyclic amines) is 1. The predicted molar refractivity (Wildman–Crippen MR) is 161 cm³/mol. The number of benzene rings is 2. The lowest BCUT2D eigenvalue weighted by atomic mass is 10.1. The summed E-state index contributed by atoms with van der Waals surface area (Å²) in [5.41, 5.74) is 2.71. The van der Waals surface area contributed by atoms with Crippen molar-refractivity contribution in [3.8, 4) is 5.75 Å². The molecule has 2 saturated heterocycles. The molecule has 0 radical (unpaired) electrons. The number of nitrogens with zero attached hydrogens (tertiary/aromatic N) is 5. The van der Waals surface area contributed by atoms with Crippen LogP contribution in [-0.4, -0.2) is 72.1 Å². The molecule has 2 aromatic carbocycles. The number of ether oxygens (including phenoxy) is 3. The standard InChI is InChI=1S/C29H35BrN6O5/c1-29(2,3)41-28(37)36-6-4-24(5-7-36)40-25-15-21(30)14-20-18-31-27(34-26(20)25)33-22-12-19(17-32-38)13-23(16-22)35-8-10-39-11-9-35/h12-16,18,24H,4-11,17H2,1-3H3,(H,31,33,34). The van der Waals surface area contributed by atoms with Crippen molar-refractivity contribution in [1.29, 1.82) is 0 Å². The van der Waals surface area contributed by atoms with Crippen molar-refractivity contribution in [1.82, 2.24) is 14.9 Å². The van der Waals surface area contributed by atoms with Crippen LogP contribution in [0.3, 0.4) is 0 Å². The van der Waals surface area contributed by atoms with E-state index < -0.39 is 5.60 Å². The molecule has 1 N–H and O–H groups in total. The maximum Gasteiger partial charge on any atom is 0.410 e. The zero-order chi connectivity index (χ0) is 29.0. The Morgan fingerprint density at radius 2 is 1.88 bits per heavy atom. The average molecular weight is 628 g/mol. The van der Waals surface area contributed by atoms with Crippen molar-refractivity contribution in [2.24, 2.45) is 5.18 Å². The molecule has 2 fully saturated rings. The molecule has 218 valence electrons. The molecular weight excluding hydrogens is 592 g/mol. The van der Waals surface area contributed by atoms with Gasteiger partial charge in [-0.1, -0.05) is 21.1 Å². The minimum atomic E-state index is -0.526. The number of anilines is 3. The molecule has 1 aromatic heterocycles. The molecule has 12 heteroatoms. The lowest BCUT2D eigenvalue weighted by Crippen LogP contribution is -2.44. The van der Waals surface area contributed by atoms with Crippen LogP contribution in [0.2, 0.25) is 0 Å². The van der Waals surface area contributed by atoms with E-state index in [4.69, 9.17) is 19.2 Å². The smallest absolute Gasteiger partial charge is 0.410 e. The number of hydrogen-bond acceptors (Lipinski definition) is 10. The van der Waals surface area contributed by atoms with Gasteiger partial charge in [-0.2, -0.15) is 4.91 Å². The second-order valence-electron chi connectivity index (χ2n) is 11.2. The van der Waals surface area contributed by atoms with Crippen LogP contribution in [0.4, 0.5) is 22.1 Å². The Balaban J connectivity index is 1.34. The molecule has 0 unspecified atom stereocenters. The van der Waals surface area contributed by atoms with E-state index in [1.165, 1.54) is 0 Å². The van der Waals surface area contributed by atoms with E-state index in [1.807, 2.05) is 51.1 Å². The van der Waals surface area contributed by atoms with Crippen LogP contribution in [0.25, 0.3) is 10.9 Å². The molecule has 3 aromatic rings. The van der Waals surface area contributed by atoms with Crippen LogP contribution in [0.1, 0.15) is 39.2 Å². The summed E-state index contributed by atoms with van der Waals surface area (Å²) in [6.45, 7) is 9.66. The number of piperidine rings is 1. The van der Waals surface area contributed by atoms with Crippen LogP contribution < -0.4 is 15.0 Å². The van der Waals surface area contributed by atoms with E-state index in [-0.39, 0.29) is 18.7 Å². The maximum atomic E-state index is 12.5. The third kappa shape index (κ3) is 7.62. The number of amides is 1. The minimum absolute atomic E-state index is 0.0684. The van der Waals surface area contributed by atoms with E-state index in [0.717, 1.165) is 39.9 Å². The fourth-order valence-electron chi connectivity index (χ4n) is 4.94. The SMILES string of the molecule is CC(C)(C)OC(=O)N1CCC(Oc2cc(Br)cc3cnc(Nc4cc(CN=O)cc(N5CCOCC5)c4)nc23)CC1. The predicted octanol–water partition coefficient (Wildman–Crippen LogP) is 6.02. The Kier molecular flexibility index (Phi) is 8.88. The first-order valence-electron chi connectivity index (χ1n) is 13.8. The Morgan fingerprint density at radius 1 is 1.12 bits per heavy atom. The minimum Gasteiger partial charge on any atom is -0.488 e. The van der Waals surface area contributed by atoms with Crippen LogP contribution in [0, 0.1) is 4.91 Å². The summed E-state index contributed by atoms with van der Waals surface area (Å²) >= 11 is 3.58. The highest BCUT2D eigenvalue weighted by atomic mass is 79.9. The first kappa shape index (κ1) is 29.0. The van der Waals surface area contributed by atoms with Gasteiger partial charge in [0.15, 0.2) is 0 Å². The number of hydrogen-bond donors (Lipinski definition) is 1. The number of halogens is 1. The summed E-state index contributed by atoms with van der Waals surface area (Å²) in [6, 6.07) is 9.74. The average Bonchev–Trinajstić information content (AvgIpc) is 2.93. The van der Waals surface area contributed by atoms with Gasteiger partial charge in [-0.15, -0.1) is 0 Å². The Bertz CT molecular complexity index is 1400. The Hall–Kier alpha value is -3.51. The first-order valence-corrected chi connectivity index (χ1v) is 14.6. The van der Waals surface area contributed by atoms with E-state index in [0.29, 0.717) is 56.4 Å². The van der Waals surface area contributed by atoms with Crippen molar-refractivity contribution in [2.75, 3.05) is 49.6 Å². The zero-order valence-electron chi connectivity index (χ0n) is 23.6. The second kappa shape index (κ2) is 12.6. The summed E-state index contributed by atoms with van der Waals surface area (Å²) in [7, 11) is 0. The molecule has 0 bridgehead atoms. The molecule has 5 rings (SSSR count). The normalized spacial score (nSPS) is 16.5. The van der Waals surface area contributed by atoms with Gasteiger partial charge in [-0.25, -0.2) is 14.8 Å². The number of aromatic nitrogens is 2. The molecule has 0 saturated carbocycles. The summed E-state index contributed by atoms with van der Waals surface area (Å²) in [5.74, 6) is 1.05. The lowest BCUT2D eigenvalue weighted by Gasteiger charge is -2.33. The van der Waals surface area contributed by atoms with Gasteiger partial charge >= 0.3 is 6.09 Å². The lowest BCUT2D eigenvalue weighted by molar-refractivity contribution is 0.0127. The molecule has 2 aliphatic rings. The highest BCUT2D eigenvalue weighted by Crippen LogP contribution is 2.32. The van der Waals surface area contributed by atoms with Crippen molar-refractivity contribution < 1.29 is 19.0 Å². The molecular formula is C29H35BrN6O5. The third-order valence-electron chi connectivity index (χ3n) is 6.86. The van der Waals surface area contributed by atoms with Gasteiger partial charge < -0.3 is 29.3 Å². The summed E-state index contributed by atoms with van der Waals surface area (Å²) in [6.07, 6.45) is 2.77. The fraction of sp³-hybridized carbons (Fsp3) is 0.483. The van der Waals surface area contributed by atoms with Gasteiger partial charge in [0.05, 0.1) is 13.2 Å². The quantitative estimate of drug-likeness (QED) is 0.314. The van der Waals surface area contributed by atoms with E-state index in [1.54, 1.807) is 11.1 Å². The molecule has 0 atom stereocenters. The summed E-state index contributed by atoms with van der Waals surface area (Å²) in [5, 5.41) is 7.22. The topological polar surface area (TPSA) is 118 Å². The number of nitrogens with one attached hydrogen (secondary N) is 1. The molecule has 0 spiro atoms. The first-order chi connectivity index (χ1) is 19.7. The van der Waals surface area contributed by atoms with E-state index in [2.05, 4.69) is 36.3 Å². The van der Waals surface area contributed by atoms with Crippen LogP contribution in [-0.2, 0) is 16.0 Å². The fourth-order valence-corrected chi connectivity index (χ4v) is 5.39. The van der Waals surface area contributed by atoms with Crippen LogP contribution >= 0.6 is 15.9 Å². The van der Waals surface area contributed by atoms with Crippen molar-refractivity contribution in [2.45, 2.75) is 51.9 Å². The monoisotopic (exact) mass is 626 g/mol. The number of fused-ring (bicyclic) bond motifs is 1. The van der Waals surface area contributed by atoms with Crippen LogP contribution in [0.5, 0.6) is 5.75 Å². The Morgan fingerprint density at radius 3 is 2.59 bits per heavy atom. The largest absolute Gasteiger partial charge is 0.488 e. The number of rotatable bonds is 7. The highest BCUT2D eigenvalue weighted by molar-refractivity contribution is 9.10. The van der Waals surface area contributed by atoms with Crippen molar-refractivity contribution in [3.63, 3.8) is 0 Å². The maximum absolute atomic E-state index is 12.5. The number of carbonyl (C=O) groups excluding carboxylic acids is 1. The second-order valence-corrected chi connectivity index (χ2v) is 12.1. The molecule has 1 amide bonds. The van der Waals surface area contributed by atoms with Gasteiger partial charge in [-0.05, 0) is 56.7 Å². The molecule has 2 aliphatic heterocycles. The van der Waals surface area contributed by atoms with Gasteiger partial charge in [0.2, 0.25) is 5.95 Å². The molecule has 11 nitrogen and oxygen atoms in total. The number of morpholine rings is 1. The van der Waals surface area contributed by atoms with E-state index >= 15 is 0 Å². The van der Waals surface area contributed by atoms with Gasteiger partial charge in [-0.3, -0.25) is 0 Å². The summed E-state index contributed by atoms with van der Waals surface area (Å²) in [4.78, 5) is 36.8. The molecule has 3 heterocycles. The number of carbonyl (C=O) groups is 1. The molecule has 41 heavy (non-hydrogen) atoms. The van der Waals surface area contributed by atoms with Gasteiger partial charge in [0, 0.05) is 66.5 Å².